The summed E-state index contributed by atoms with van der Waals surface area (Å²) >= 11 is 17.6. The predicted molar refractivity (Wildman–Crippen MR) is 98.1 cm³/mol. The van der Waals surface area contributed by atoms with Crippen LogP contribution in [0.2, 0.25) is 10.0 Å². The van der Waals surface area contributed by atoms with Crippen LogP contribution in [0.15, 0.2) is 24.3 Å². The normalized spacial score (nSPS) is 17.5. The minimum absolute atomic E-state index is 0.259. The summed E-state index contributed by atoms with van der Waals surface area (Å²) < 4.78 is 11.1. The van der Waals surface area contributed by atoms with Gasteiger partial charge in [0.05, 0.1) is 12.3 Å². The lowest BCUT2D eigenvalue weighted by Gasteiger charge is -2.23. The van der Waals surface area contributed by atoms with E-state index in [4.69, 9.17) is 44.9 Å². The van der Waals surface area contributed by atoms with Gasteiger partial charge in [-0.15, -0.1) is 10.2 Å². The van der Waals surface area contributed by atoms with Gasteiger partial charge in [0.25, 0.3) is 0 Å². The molecule has 0 radical (unpaired) electrons. The third-order valence-corrected chi connectivity index (χ3v) is 4.74. The lowest BCUT2D eigenvalue weighted by atomic mass is 10.1. The van der Waals surface area contributed by atoms with Gasteiger partial charge in [0.2, 0.25) is 5.88 Å². The maximum absolute atomic E-state index is 6.16. The molecule has 5 nitrogen and oxygen atoms in total. The van der Waals surface area contributed by atoms with Crippen LogP contribution in [0, 0.1) is 6.92 Å². The van der Waals surface area contributed by atoms with E-state index in [0.29, 0.717) is 39.8 Å². The van der Waals surface area contributed by atoms with Crippen molar-refractivity contribution in [3.8, 4) is 17.1 Å². The van der Waals surface area contributed by atoms with E-state index in [2.05, 4.69) is 15.5 Å². The molecule has 0 saturated carbocycles. The Morgan fingerprint density at radius 3 is 2.62 bits per heavy atom. The molecule has 24 heavy (non-hydrogen) atoms. The molecule has 1 saturated heterocycles. The van der Waals surface area contributed by atoms with E-state index in [1.807, 2.05) is 6.92 Å². The van der Waals surface area contributed by atoms with Crippen molar-refractivity contribution in [3.05, 3.63) is 39.9 Å². The van der Waals surface area contributed by atoms with Crippen molar-refractivity contribution in [3.63, 3.8) is 0 Å². The van der Waals surface area contributed by atoms with Gasteiger partial charge in [-0.3, -0.25) is 0 Å². The zero-order valence-electron chi connectivity index (χ0n) is 12.9. The van der Waals surface area contributed by atoms with Gasteiger partial charge in [-0.2, -0.15) is 0 Å². The number of halogens is 2. The lowest BCUT2D eigenvalue weighted by Crippen LogP contribution is -2.44. The van der Waals surface area contributed by atoms with Crippen molar-refractivity contribution in [2.24, 2.45) is 0 Å². The summed E-state index contributed by atoms with van der Waals surface area (Å²) in [5.41, 5.74) is 2.27. The fourth-order valence-corrected chi connectivity index (χ4v) is 2.93. The van der Waals surface area contributed by atoms with E-state index in [1.165, 1.54) is 0 Å². The summed E-state index contributed by atoms with van der Waals surface area (Å²) in [6.45, 7) is 3.91. The quantitative estimate of drug-likeness (QED) is 0.819. The molecule has 0 spiro atoms. The van der Waals surface area contributed by atoms with Gasteiger partial charge >= 0.3 is 0 Å². The molecule has 1 unspecified atom stereocenters. The first kappa shape index (κ1) is 17.5. The number of thiocarbonyl (C=S) groups is 1. The maximum Gasteiger partial charge on any atom is 0.239 e. The van der Waals surface area contributed by atoms with E-state index in [9.17, 15) is 0 Å². The molecule has 1 aromatic heterocycles. The molecule has 1 aliphatic rings. The van der Waals surface area contributed by atoms with E-state index < -0.39 is 0 Å². The van der Waals surface area contributed by atoms with Crippen molar-refractivity contribution < 1.29 is 9.47 Å². The first-order valence-corrected chi connectivity index (χ1v) is 8.55. The summed E-state index contributed by atoms with van der Waals surface area (Å²) in [5, 5.41) is 12.9. The number of benzene rings is 1. The van der Waals surface area contributed by atoms with Crippen molar-refractivity contribution in [2.45, 2.75) is 13.0 Å². The number of hydrogen-bond acceptors (Lipinski definition) is 6. The lowest BCUT2D eigenvalue weighted by molar-refractivity contribution is 0.0639. The van der Waals surface area contributed by atoms with Crippen molar-refractivity contribution in [2.75, 3.05) is 19.7 Å². The second-order valence-electron chi connectivity index (χ2n) is 5.31. The number of rotatable bonds is 3. The molecule has 0 bridgehead atoms. The highest BCUT2D eigenvalue weighted by atomic mass is 35.5. The number of aromatic nitrogens is 2. The molecule has 3 rings (SSSR count). The summed E-state index contributed by atoms with van der Waals surface area (Å²) in [7, 11) is 0. The average Bonchev–Trinajstić information content (AvgIpc) is 2.60. The maximum atomic E-state index is 6.16. The van der Waals surface area contributed by atoms with Crippen LogP contribution in [-0.4, -0.2) is 41.0 Å². The highest BCUT2D eigenvalue weighted by molar-refractivity contribution is 7.80. The van der Waals surface area contributed by atoms with Gasteiger partial charge in [0.15, 0.2) is 5.05 Å². The van der Waals surface area contributed by atoms with Crippen LogP contribution in [0.3, 0.4) is 0 Å². The topological polar surface area (TPSA) is 56.3 Å². The number of nitrogens with one attached hydrogen (secondary N) is 1. The van der Waals surface area contributed by atoms with Crippen molar-refractivity contribution in [1.82, 2.24) is 15.5 Å². The molecular formula is C16H15Cl2N3O2S. The minimum atomic E-state index is -0.259. The fourth-order valence-electron chi connectivity index (χ4n) is 2.21. The third kappa shape index (κ3) is 4.02. The largest absolute Gasteiger partial charge is 0.427 e. The Morgan fingerprint density at radius 1 is 1.29 bits per heavy atom. The first-order valence-electron chi connectivity index (χ1n) is 7.38. The Kier molecular flexibility index (Phi) is 5.63. The Balaban J connectivity index is 1.72. The first-order chi connectivity index (χ1) is 11.5. The number of morpholine rings is 1. The van der Waals surface area contributed by atoms with Crippen molar-refractivity contribution in [1.29, 1.82) is 0 Å². The summed E-state index contributed by atoms with van der Waals surface area (Å²) in [6, 6.07) is 7.09. The second-order valence-corrected chi connectivity index (χ2v) is 6.52. The Labute approximate surface area is 155 Å². The van der Waals surface area contributed by atoms with Gasteiger partial charge in [-0.1, -0.05) is 23.2 Å². The Hall–Kier alpha value is -1.31. The molecule has 8 heteroatoms. The van der Waals surface area contributed by atoms with Crippen LogP contribution in [0.1, 0.15) is 5.56 Å². The van der Waals surface area contributed by atoms with E-state index >= 15 is 0 Å². The average molecular weight is 384 g/mol. The van der Waals surface area contributed by atoms with Crippen LogP contribution in [0.5, 0.6) is 5.88 Å². The summed E-state index contributed by atoms with van der Waals surface area (Å²) in [6.07, 6.45) is -0.259. The highest BCUT2D eigenvalue weighted by Crippen LogP contribution is 2.30. The van der Waals surface area contributed by atoms with Crippen LogP contribution in [0.4, 0.5) is 0 Å². The van der Waals surface area contributed by atoms with Crippen LogP contribution < -0.4 is 10.1 Å². The molecule has 2 aromatic rings. The van der Waals surface area contributed by atoms with E-state index in [0.717, 1.165) is 17.7 Å². The van der Waals surface area contributed by atoms with Gasteiger partial charge in [-0.25, -0.2) is 0 Å². The molecule has 126 valence electrons. The number of hydrogen-bond donors (Lipinski definition) is 1. The summed E-state index contributed by atoms with van der Waals surface area (Å²) in [4.78, 5) is 0. The fraction of sp³-hybridized carbons (Fsp3) is 0.312. The summed E-state index contributed by atoms with van der Waals surface area (Å²) in [5.74, 6) is 0.322. The predicted octanol–water partition coefficient (Wildman–Crippen LogP) is 3.45. The minimum Gasteiger partial charge on any atom is -0.427 e. The van der Waals surface area contributed by atoms with Crippen LogP contribution in [0.25, 0.3) is 11.3 Å². The van der Waals surface area contributed by atoms with Gasteiger partial charge in [0.1, 0.15) is 6.10 Å². The van der Waals surface area contributed by atoms with E-state index in [-0.39, 0.29) is 6.10 Å². The SMILES string of the molecule is Cc1c(Cl)cc(-c2ccc(OC(=S)C3CNCCO3)nn2)cc1Cl. The molecule has 1 aromatic carbocycles. The molecule has 1 N–H and O–H groups in total. The Bertz CT molecular complexity index is 726. The molecule has 2 heterocycles. The Morgan fingerprint density at radius 2 is 2.04 bits per heavy atom. The standard InChI is InChI=1S/C16H15Cl2N3O2S/c1-9-11(17)6-10(7-12(9)18)13-2-3-15(21-20-13)23-16(24)14-8-19-4-5-22-14/h2-3,6-7,14,19H,4-5,8H2,1H3. The molecule has 1 aliphatic heterocycles. The third-order valence-electron chi connectivity index (χ3n) is 3.61. The molecule has 1 atom stereocenters. The smallest absolute Gasteiger partial charge is 0.239 e. The molecular weight excluding hydrogens is 369 g/mol. The van der Waals surface area contributed by atoms with Gasteiger partial charge in [0, 0.05) is 34.8 Å². The van der Waals surface area contributed by atoms with E-state index in [1.54, 1.807) is 24.3 Å². The zero-order valence-corrected chi connectivity index (χ0v) is 15.2. The molecule has 1 fully saturated rings. The van der Waals surface area contributed by atoms with Crippen LogP contribution in [-0.2, 0) is 4.74 Å². The van der Waals surface area contributed by atoms with Gasteiger partial charge in [-0.05, 0) is 42.9 Å². The molecule has 0 aliphatic carbocycles. The monoisotopic (exact) mass is 383 g/mol. The van der Waals surface area contributed by atoms with Crippen LogP contribution >= 0.6 is 35.4 Å². The molecule has 0 amide bonds. The second kappa shape index (κ2) is 7.72. The van der Waals surface area contributed by atoms with Gasteiger partial charge < -0.3 is 14.8 Å². The van der Waals surface area contributed by atoms with Crippen molar-refractivity contribution >= 4 is 40.5 Å². The number of ether oxygens (including phenoxy) is 2. The number of nitrogens with zero attached hydrogens (tertiary/aromatic N) is 2. The zero-order chi connectivity index (χ0) is 17.1. The highest BCUT2D eigenvalue weighted by Gasteiger charge is 2.20.